The van der Waals surface area contributed by atoms with Crippen LogP contribution in [0.2, 0.25) is 0 Å². The molecule has 0 saturated heterocycles. The SMILES string of the molecule is Cc1ccc(-c2cc(CNC(C)C)ccc2F)cn1. The Balaban J connectivity index is 2.29. The first-order valence-corrected chi connectivity index (χ1v) is 6.51. The van der Waals surface area contributed by atoms with Crippen molar-refractivity contribution in [3.8, 4) is 11.1 Å². The Bertz CT molecular complexity index is 547. The number of aryl methyl sites for hydroxylation is 1. The number of rotatable bonds is 4. The van der Waals surface area contributed by atoms with E-state index in [1.54, 1.807) is 6.20 Å². The second kappa shape index (κ2) is 5.93. The number of aromatic nitrogens is 1. The minimum absolute atomic E-state index is 0.209. The van der Waals surface area contributed by atoms with Crippen LogP contribution in [0.1, 0.15) is 25.1 Å². The van der Waals surface area contributed by atoms with Crippen LogP contribution in [-0.4, -0.2) is 11.0 Å². The van der Waals surface area contributed by atoms with E-state index in [9.17, 15) is 4.39 Å². The van der Waals surface area contributed by atoms with Gasteiger partial charge in [-0.25, -0.2) is 4.39 Å². The first kappa shape index (κ1) is 13.7. The largest absolute Gasteiger partial charge is 0.310 e. The molecule has 0 fully saturated rings. The molecular formula is C16H19FN2. The Morgan fingerprint density at radius 3 is 2.63 bits per heavy atom. The zero-order valence-electron chi connectivity index (χ0n) is 11.6. The summed E-state index contributed by atoms with van der Waals surface area (Å²) in [6, 6.07) is 9.43. The molecule has 2 rings (SSSR count). The Labute approximate surface area is 113 Å². The molecule has 0 saturated carbocycles. The standard InChI is InChI=1S/C16H19FN2/c1-11(2)18-9-13-5-7-16(17)15(8-13)14-6-4-12(3)19-10-14/h4-8,10-11,18H,9H2,1-3H3. The maximum absolute atomic E-state index is 13.9. The van der Waals surface area contributed by atoms with Crippen molar-refractivity contribution < 1.29 is 4.39 Å². The Kier molecular flexibility index (Phi) is 4.27. The molecule has 2 nitrogen and oxygen atoms in total. The molecule has 2 aromatic rings. The van der Waals surface area contributed by atoms with E-state index >= 15 is 0 Å². The summed E-state index contributed by atoms with van der Waals surface area (Å²) in [6.45, 7) is 6.84. The highest BCUT2D eigenvalue weighted by Gasteiger charge is 2.07. The van der Waals surface area contributed by atoms with E-state index < -0.39 is 0 Å². The summed E-state index contributed by atoms with van der Waals surface area (Å²) in [4.78, 5) is 4.22. The van der Waals surface area contributed by atoms with E-state index in [1.165, 1.54) is 6.07 Å². The first-order valence-electron chi connectivity index (χ1n) is 6.51. The molecule has 0 aliphatic rings. The summed E-state index contributed by atoms with van der Waals surface area (Å²) in [5.41, 5.74) is 3.43. The van der Waals surface area contributed by atoms with E-state index in [0.717, 1.165) is 23.4 Å². The number of hydrogen-bond acceptors (Lipinski definition) is 2. The lowest BCUT2D eigenvalue weighted by atomic mass is 10.0. The molecule has 0 amide bonds. The zero-order chi connectivity index (χ0) is 13.8. The van der Waals surface area contributed by atoms with Crippen molar-refractivity contribution in [1.29, 1.82) is 0 Å². The molecule has 0 bridgehead atoms. The van der Waals surface area contributed by atoms with Gasteiger partial charge in [0, 0.05) is 35.6 Å². The van der Waals surface area contributed by atoms with Crippen LogP contribution >= 0.6 is 0 Å². The molecule has 3 heteroatoms. The van der Waals surface area contributed by atoms with Gasteiger partial charge in [0.2, 0.25) is 0 Å². The molecule has 0 atom stereocenters. The van der Waals surface area contributed by atoms with Gasteiger partial charge in [-0.1, -0.05) is 26.0 Å². The van der Waals surface area contributed by atoms with Crippen molar-refractivity contribution in [2.45, 2.75) is 33.4 Å². The third-order valence-corrected chi connectivity index (χ3v) is 2.97. The van der Waals surface area contributed by atoms with Crippen molar-refractivity contribution >= 4 is 0 Å². The van der Waals surface area contributed by atoms with Gasteiger partial charge in [0.25, 0.3) is 0 Å². The normalized spacial score (nSPS) is 11.0. The fourth-order valence-electron chi connectivity index (χ4n) is 1.85. The number of halogens is 1. The third-order valence-electron chi connectivity index (χ3n) is 2.97. The van der Waals surface area contributed by atoms with Gasteiger partial charge in [-0.05, 0) is 30.7 Å². The van der Waals surface area contributed by atoms with Gasteiger partial charge in [0.1, 0.15) is 5.82 Å². The fraction of sp³-hybridized carbons (Fsp3) is 0.312. The molecule has 1 aromatic carbocycles. The van der Waals surface area contributed by atoms with Gasteiger partial charge in [0.05, 0.1) is 0 Å². The van der Waals surface area contributed by atoms with Gasteiger partial charge >= 0.3 is 0 Å². The fourth-order valence-corrected chi connectivity index (χ4v) is 1.85. The van der Waals surface area contributed by atoms with E-state index in [1.807, 2.05) is 31.2 Å². The van der Waals surface area contributed by atoms with Gasteiger partial charge in [-0.2, -0.15) is 0 Å². The Hall–Kier alpha value is -1.74. The average molecular weight is 258 g/mol. The lowest BCUT2D eigenvalue weighted by molar-refractivity contribution is 0.586. The molecular weight excluding hydrogens is 239 g/mol. The van der Waals surface area contributed by atoms with Crippen molar-refractivity contribution in [3.05, 3.63) is 53.6 Å². The van der Waals surface area contributed by atoms with Gasteiger partial charge in [0.15, 0.2) is 0 Å². The third kappa shape index (κ3) is 3.61. The smallest absolute Gasteiger partial charge is 0.131 e. The lowest BCUT2D eigenvalue weighted by Crippen LogP contribution is -2.21. The number of hydrogen-bond donors (Lipinski definition) is 1. The van der Waals surface area contributed by atoms with E-state index in [2.05, 4.69) is 24.1 Å². The maximum atomic E-state index is 13.9. The zero-order valence-corrected chi connectivity index (χ0v) is 11.6. The Morgan fingerprint density at radius 2 is 2.00 bits per heavy atom. The molecule has 100 valence electrons. The van der Waals surface area contributed by atoms with E-state index in [0.29, 0.717) is 11.6 Å². The number of nitrogens with zero attached hydrogens (tertiary/aromatic N) is 1. The molecule has 0 spiro atoms. The molecule has 0 unspecified atom stereocenters. The van der Waals surface area contributed by atoms with Crippen LogP contribution in [0.5, 0.6) is 0 Å². The predicted octanol–water partition coefficient (Wildman–Crippen LogP) is 3.69. The second-order valence-electron chi connectivity index (χ2n) is 5.04. The van der Waals surface area contributed by atoms with Crippen LogP contribution in [-0.2, 0) is 6.54 Å². The van der Waals surface area contributed by atoms with Gasteiger partial charge in [-0.3, -0.25) is 4.98 Å². The topological polar surface area (TPSA) is 24.9 Å². The number of benzene rings is 1. The molecule has 0 aliphatic carbocycles. The van der Waals surface area contributed by atoms with Crippen LogP contribution in [0.25, 0.3) is 11.1 Å². The van der Waals surface area contributed by atoms with Crippen molar-refractivity contribution in [1.82, 2.24) is 10.3 Å². The molecule has 0 aliphatic heterocycles. The monoisotopic (exact) mass is 258 g/mol. The number of pyridine rings is 1. The predicted molar refractivity (Wildman–Crippen MR) is 76.3 cm³/mol. The van der Waals surface area contributed by atoms with Crippen molar-refractivity contribution in [3.63, 3.8) is 0 Å². The summed E-state index contributed by atoms with van der Waals surface area (Å²) in [6.07, 6.45) is 1.72. The van der Waals surface area contributed by atoms with Crippen LogP contribution < -0.4 is 5.32 Å². The van der Waals surface area contributed by atoms with Crippen LogP contribution in [0, 0.1) is 12.7 Å². The molecule has 19 heavy (non-hydrogen) atoms. The minimum Gasteiger partial charge on any atom is -0.310 e. The summed E-state index contributed by atoms with van der Waals surface area (Å²) < 4.78 is 13.9. The van der Waals surface area contributed by atoms with Gasteiger partial charge < -0.3 is 5.32 Å². The Morgan fingerprint density at radius 1 is 1.21 bits per heavy atom. The molecule has 1 aromatic heterocycles. The van der Waals surface area contributed by atoms with Gasteiger partial charge in [-0.15, -0.1) is 0 Å². The van der Waals surface area contributed by atoms with E-state index in [-0.39, 0.29) is 5.82 Å². The first-order chi connectivity index (χ1) is 9.06. The lowest BCUT2D eigenvalue weighted by Gasteiger charge is -2.10. The summed E-state index contributed by atoms with van der Waals surface area (Å²) in [5, 5.41) is 3.33. The second-order valence-corrected chi connectivity index (χ2v) is 5.04. The molecule has 1 heterocycles. The highest BCUT2D eigenvalue weighted by molar-refractivity contribution is 5.64. The van der Waals surface area contributed by atoms with Crippen molar-refractivity contribution in [2.75, 3.05) is 0 Å². The average Bonchev–Trinajstić information content (AvgIpc) is 2.39. The highest BCUT2D eigenvalue weighted by atomic mass is 19.1. The van der Waals surface area contributed by atoms with Crippen LogP contribution in [0.15, 0.2) is 36.5 Å². The van der Waals surface area contributed by atoms with Crippen LogP contribution in [0.3, 0.4) is 0 Å². The van der Waals surface area contributed by atoms with E-state index in [4.69, 9.17) is 0 Å². The number of nitrogens with one attached hydrogen (secondary N) is 1. The molecule has 0 radical (unpaired) electrons. The summed E-state index contributed by atoms with van der Waals surface area (Å²) in [7, 11) is 0. The molecule has 1 N–H and O–H groups in total. The summed E-state index contributed by atoms with van der Waals surface area (Å²) in [5.74, 6) is -0.209. The summed E-state index contributed by atoms with van der Waals surface area (Å²) >= 11 is 0. The highest BCUT2D eigenvalue weighted by Crippen LogP contribution is 2.23. The maximum Gasteiger partial charge on any atom is 0.131 e. The van der Waals surface area contributed by atoms with Crippen molar-refractivity contribution in [2.24, 2.45) is 0 Å². The van der Waals surface area contributed by atoms with Crippen LogP contribution in [0.4, 0.5) is 4.39 Å². The quantitative estimate of drug-likeness (QED) is 0.904. The minimum atomic E-state index is -0.209.